The molecule has 1 aliphatic heterocycles. The third-order valence-electron chi connectivity index (χ3n) is 6.32. The number of benzene rings is 2. The second kappa shape index (κ2) is 9.54. The Bertz CT molecular complexity index is 1200. The van der Waals surface area contributed by atoms with Crippen LogP contribution in [0, 0.1) is 6.92 Å². The maximum absolute atomic E-state index is 13.1. The van der Waals surface area contributed by atoms with Crippen LogP contribution < -0.4 is 20.3 Å². The van der Waals surface area contributed by atoms with E-state index in [1.807, 2.05) is 62.5 Å². The Labute approximate surface area is 193 Å². The molecule has 3 aromatic rings. The monoisotopic (exact) mass is 450 g/mol. The number of hydrogen-bond donors (Lipinski definition) is 1. The van der Waals surface area contributed by atoms with E-state index in [1.54, 1.807) is 23.6 Å². The van der Waals surface area contributed by atoms with Gasteiger partial charge in [0.1, 0.15) is 17.2 Å². The molecule has 0 radical (unpaired) electrons. The van der Waals surface area contributed by atoms with Gasteiger partial charge in [0.2, 0.25) is 5.91 Å². The quantitative estimate of drug-likeness (QED) is 0.598. The normalized spacial score (nSPS) is 16.1. The number of amides is 1. The standard InChI is InChI=1S/C25H30N4O4/c1-17-24(25(31)29(27(17)2)18-9-6-5-7-10-18)26-23(30)16-28-14-8-11-21(28)20-15-19(32-3)12-13-22(20)33-4/h5-7,9-10,12-13,15,21H,8,11,14,16H2,1-4H3,(H,26,30). The molecule has 8 nitrogen and oxygen atoms in total. The van der Waals surface area contributed by atoms with Crippen LogP contribution >= 0.6 is 0 Å². The van der Waals surface area contributed by atoms with Crippen molar-refractivity contribution in [2.45, 2.75) is 25.8 Å². The van der Waals surface area contributed by atoms with Crippen LogP contribution in [0.2, 0.25) is 0 Å². The number of likely N-dealkylation sites (tertiary alicyclic amines) is 1. The van der Waals surface area contributed by atoms with E-state index in [0.29, 0.717) is 11.4 Å². The molecule has 1 unspecified atom stereocenters. The third kappa shape index (κ3) is 4.39. The van der Waals surface area contributed by atoms with Crippen molar-refractivity contribution in [3.63, 3.8) is 0 Å². The molecule has 0 bridgehead atoms. The van der Waals surface area contributed by atoms with Gasteiger partial charge in [0.05, 0.1) is 32.1 Å². The fourth-order valence-corrected chi connectivity index (χ4v) is 4.54. The minimum absolute atomic E-state index is 0.0404. The molecule has 174 valence electrons. The van der Waals surface area contributed by atoms with Crippen LogP contribution in [0.5, 0.6) is 11.5 Å². The zero-order valence-corrected chi connectivity index (χ0v) is 19.5. The van der Waals surface area contributed by atoms with Gasteiger partial charge in [-0.15, -0.1) is 0 Å². The summed E-state index contributed by atoms with van der Waals surface area (Å²) < 4.78 is 14.3. The summed E-state index contributed by atoms with van der Waals surface area (Å²) in [6.45, 7) is 2.81. The highest BCUT2D eigenvalue weighted by molar-refractivity contribution is 5.92. The number of aromatic nitrogens is 2. The van der Waals surface area contributed by atoms with Gasteiger partial charge in [0.25, 0.3) is 5.56 Å². The Morgan fingerprint density at radius 1 is 1.12 bits per heavy atom. The van der Waals surface area contributed by atoms with Gasteiger partial charge in [0, 0.05) is 18.7 Å². The summed E-state index contributed by atoms with van der Waals surface area (Å²) >= 11 is 0. The lowest BCUT2D eigenvalue weighted by Gasteiger charge is -2.26. The molecule has 8 heteroatoms. The van der Waals surface area contributed by atoms with E-state index < -0.39 is 0 Å². The average Bonchev–Trinajstić information content (AvgIpc) is 3.37. The van der Waals surface area contributed by atoms with Gasteiger partial charge in [-0.2, -0.15) is 0 Å². The van der Waals surface area contributed by atoms with Crippen molar-refractivity contribution in [2.75, 3.05) is 32.6 Å². The first-order chi connectivity index (χ1) is 15.9. The average molecular weight is 451 g/mol. The highest BCUT2D eigenvalue weighted by Gasteiger charge is 2.30. The lowest BCUT2D eigenvalue weighted by molar-refractivity contribution is -0.117. The minimum atomic E-state index is -0.248. The molecular weight excluding hydrogens is 420 g/mol. The molecule has 4 rings (SSSR count). The fourth-order valence-electron chi connectivity index (χ4n) is 4.54. The van der Waals surface area contributed by atoms with Gasteiger partial charge in [-0.1, -0.05) is 18.2 Å². The smallest absolute Gasteiger partial charge is 0.295 e. The first-order valence-corrected chi connectivity index (χ1v) is 11.0. The molecular formula is C25H30N4O4. The molecule has 2 heterocycles. The van der Waals surface area contributed by atoms with Crippen molar-refractivity contribution in [1.29, 1.82) is 0 Å². The lowest BCUT2D eigenvalue weighted by Crippen LogP contribution is -2.34. The largest absolute Gasteiger partial charge is 0.497 e. The topological polar surface area (TPSA) is 77.7 Å². The van der Waals surface area contributed by atoms with E-state index in [9.17, 15) is 9.59 Å². The maximum Gasteiger partial charge on any atom is 0.295 e. The van der Waals surface area contributed by atoms with E-state index in [-0.39, 0.29) is 24.1 Å². The number of hydrogen-bond acceptors (Lipinski definition) is 5. The van der Waals surface area contributed by atoms with Gasteiger partial charge >= 0.3 is 0 Å². The van der Waals surface area contributed by atoms with E-state index in [0.717, 1.165) is 42.1 Å². The Morgan fingerprint density at radius 3 is 2.58 bits per heavy atom. The van der Waals surface area contributed by atoms with Crippen molar-refractivity contribution in [2.24, 2.45) is 7.05 Å². The summed E-state index contributed by atoms with van der Waals surface area (Å²) in [4.78, 5) is 28.3. The first kappa shape index (κ1) is 22.7. The van der Waals surface area contributed by atoms with Gasteiger partial charge < -0.3 is 14.8 Å². The minimum Gasteiger partial charge on any atom is -0.497 e. The SMILES string of the molecule is COc1ccc(OC)c(C2CCCN2CC(=O)Nc2c(C)n(C)n(-c3ccccc3)c2=O)c1. The number of carbonyl (C=O) groups excluding carboxylic acids is 1. The van der Waals surface area contributed by atoms with Crippen molar-refractivity contribution in [3.05, 3.63) is 70.1 Å². The molecule has 1 aliphatic rings. The second-order valence-electron chi connectivity index (χ2n) is 8.22. The van der Waals surface area contributed by atoms with Crippen molar-refractivity contribution < 1.29 is 14.3 Å². The summed E-state index contributed by atoms with van der Waals surface area (Å²) in [5.41, 5.74) is 2.51. The van der Waals surface area contributed by atoms with E-state index >= 15 is 0 Å². The van der Waals surface area contributed by atoms with Crippen LogP contribution in [0.25, 0.3) is 5.69 Å². The number of para-hydroxylation sites is 1. The number of nitrogens with one attached hydrogen (secondary N) is 1. The summed E-state index contributed by atoms with van der Waals surface area (Å²) in [5.74, 6) is 1.32. The molecule has 1 saturated heterocycles. The number of nitrogens with zero attached hydrogens (tertiary/aromatic N) is 3. The van der Waals surface area contributed by atoms with Crippen molar-refractivity contribution >= 4 is 11.6 Å². The van der Waals surface area contributed by atoms with E-state index in [1.165, 1.54) is 0 Å². The predicted molar refractivity (Wildman–Crippen MR) is 127 cm³/mol. The van der Waals surface area contributed by atoms with Crippen LogP contribution in [-0.2, 0) is 11.8 Å². The molecule has 1 aromatic heterocycles. The third-order valence-corrected chi connectivity index (χ3v) is 6.32. The molecule has 0 saturated carbocycles. The molecule has 2 aromatic carbocycles. The van der Waals surface area contributed by atoms with Gasteiger partial charge in [0.15, 0.2) is 0 Å². The zero-order chi connectivity index (χ0) is 23.5. The Kier molecular flexibility index (Phi) is 6.55. The number of anilines is 1. The molecule has 1 amide bonds. The van der Waals surface area contributed by atoms with Gasteiger partial charge in [-0.05, 0) is 56.6 Å². The van der Waals surface area contributed by atoms with Crippen LogP contribution in [0.4, 0.5) is 5.69 Å². The zero-order valence-electron chi connectivity index (χ0n) is 19.5. The van der Waals surface area contributed by atoms with Crippen LogP contribution in [0.3, 0.4) is 0 Å². The Morgan fingerprint density at radius 2 is 1.88 bits per heavy atom. The summed E-state index contributed by atoms with van der Waals surface area (Å²) in [6.07, 6.45) is 1.89. The van der Waals surface area contributed by atoms with Gasteiger partial charge in [-0.3, -0.25) is 19.2 Å². The van der Waals surface area contributed by atoms with Crippen molar-refractivity contribution in [3.8, 4) is 17.2 Å². The molecule has 1 fully saturated rings. The number of ether oxygens (including phenoxy) is 2. The lowest BCUT2D eigenvalue weighted by atomic mass is 10.0. The highest BCUT2D eigenvalue weighted by atomic mass is 16.5. The van der Waals surface area contributed by atoms with E-state index in [4.69, 9.17) is 9.47 Å². The predicted octanol–water partition coefficient (Wildman–Crippen LogP) is 3.28. The summed E-state index contributed by atoms with van der Waals surface area (Å²) in [5, 5.41) is 2.87. The summed E-state index contributed by atoms with van der Waals surface area (Å²) in [7, 11) is 5.09. The van der Waals surface area contributed by atoms with Crippen LogP contribution in [0.1, 0.15) is 30.1 Å². The van der Waals surface area contributed by atoms with Gasteiger partial charge in [-0.25, -0.2) is 4.68 Å². The first-order valence-electron chi connectivity index (χ1n) is 11.0. The molecule has 0 aliphatic carbocycles. The second-order valence-corrected chi connectivity index (χ2v) is 8.22. The maximum atomic E-state index is 13.1. The number of carbonyl (C=O) groups is 1. The molecule has 1 N–H and O–H groups in total. The molecule has 33 heavy (non-hydrogen) atoms. The van der Waals surface area contributed by atoms with E-state index in [2.05, 4.69) is 10.2 Å². The highest BCUT2D eigenvalue weighted by Crippen LogP contribution is 2.38. The molecule has 1 atom stereocenters. The van der Waals surface area contributed by atoms with Crippen LogP contribution in [-0.4, -0.2) is 47.5 Å². The Hall–Kier alpha value is -3.52. The summed E-state index contributed by atoms with van der Waals surface area (Å²) in [6, 6.07) is 15.2. The number of methoxy groups -OCH3 is 2. The number of rotatable bonds is 7. The van der Waals surface area contributed by atoms with Crippen molar-refractivity contribution in [1.82, 2.24) is 14.3 Å². The van der Waals surface area contributed by atoms with Crippen LogP contribution in [0.15, 0.2) is 53.3 Å². The Balaban J connectivity index is 1.55. The fraction of sp³-hybridized carbons (Fsp3) is 0.360. The molecule has 0 spiro atoms.